The van der Waals surface area contributed by atoms with Crippen LogP contribution in [0.15, 0.2) is 24.3 Å². The van der Waals surface area contributed by atoms with Gasteiger partial charge in [0.1, 0.15) is 8.07 Å². The van der Waals surface area contributed by atoms with Crippen molar-refractivity contribution in [2.45, 2.75) is 45.3 Å². The first-order chi connectivity index (χ1) is 13.4. The monoisotopic (exact) mass is 492 g/mol. The number of terminal acetylenes is 1. The van der Waals surface area contributed by atoms with Crippen LogP contribution >= 0.6 is 0 Å². The van der Waals surface area contributed by atoms with E-state index in [2.05, 4.69) is 48.0 Å². The molecule has 0 aromatic heterocycles. The maximum absolute atomic E-state index is 8.64. The minimum Gasteiger partial charge on any atom is -1.00 e. The zero-order valence-corrected chi connectivity index (χ0v) is 27.4. The SMILES string of the molecule is C#C/C=C/CCCOC.CO.COCCC/C=C/C#C[Si](C)(C)C.O=CO[O-].[H-].[K+].[K+]. The molecule has 0 aliphatic rings. The van der Waals surface area contributed by atoms with Crippen LogP contribution in [0.5, 0.6) is 0 Å². The minimum absolute atomic E-state index is 0. The second kappa shape index (κ2) is 44.1. The number of carbonyl (C=O) groups excluding carboxylic acids is 1. The quantitative estimate of drug-likeness (QED) is 0.0902. The van der Waals surface area contributed by atoms with E-state index >= 15 is 0 Å². The van der Waals surface area contributed by atoms with E-state index in [0.29, 0.717) is 0 Å². The molecule has 0 aromatic rings. The Balaban J connectivity index is -0.0000000564. The molecule has 0 fully saturated rings. The van der Waals surface area contributed by atoms with Crippen LogP contribution in [-0.2, 0) is 19.2 Å². The number of ether oxygens (including phenoxy) is 2. The molecule has 0 saturated heterocycles. The molecule has 0 spiro atoms. The number of aliphatic hydroxyl groups is 1. The molecule has 0 aliphatic carbocycles. The van der Waals surface area contributed by atoms with E-state index in [1.54, 1.807) is 20.3 Å². The first-order valence-electron chi connectivity index (χ1n) is 8.83. The molecule has 0 radical (unpaired) electrons. The van der Waals surface area contributed by atoms with E-state index in [-0.39, 0.29) is 111 Å². The maximum Gasteiger partial charge on any atom is 1.00 e. The van der Waals surface area contributed by atoms with Crippen molar-refractivity contribution in [1.82, 2.24) is 0 Å². The zero-order chi connectivity index (χ0) is 22.5. The number of rotatable bonds is 9. The Morgan fingerprint density at radius 2 is 1.40 bits per heavy atom. The van der Waals surface area contributed by atoms with Gasteiger partial charge in [0, 0.05) is 34.5 Å². The number of methoxy groups -OCH3 is 2. The molecule has 30 heavy (non-hydrogen) atoms. The zero-order valence-electron chi connectivity index (χ0n) is 21.2. The predicted molar refractivity (Wildman–Crippen MR) is 117 cm³/mol. The molecule has 0 rings (SSSR count). The third-order valence-corrected chi connectivity index (χ3v) is 3.23. The second-order valence-electron chi connectivity index (χ2n) is 5.95. The summed E-state index contributed by atoms with van der Waals surface area (Å²) in [7, 11) is 3.26. The summed E-state index contributed by atoms with van der Waals surface area (Å²) in [4.78, 5) is 11.2. The van der Waals surface area contributed by atoms with Crippen LogP contribution in [0.25, 0.3) is 0 Å². The first kappa shape index (κ1) is 45.0. The Bertz CT molecular complexity index is 467. The molecule has 0 bridgehead atoms. The first-order valence-corrected chi connectivity index (χ1v) is 12.3. The van der Waals surface area contributed by atoms with E-state index in [1.165, 1.54) is 0 Å². The molecule has 0 atom stereocenters. The topological polar surface area (TPSA) is 88.0 Å². The summed E-state index contributed by atoms with van der Waals surface area (Å²) < 4.78 is 9.78. The van der Waals surface area contributed by atoms with Crippen molar-refractivity contribution in [1.29, 1.82) is 0 Å². The summed E-state index contributed by atoms with van der Waals surface area (Å²) in [6, 6.07) is 0. The van der Waals surface area contributed by atoms with Crippen LogP contribution < -0.4 is 108 Å². The van der Waals surface area contributed by atoms with Gasteiger partial charge in [-0.25, -0.2) is 0 Å². The molecule has 0 heterocycles. The summed E-state index contributed by atoms with van der Waals surface area (Å²) in [5, 5.41) is 15.4. The van der Waals surface area contributed by atoms with Crippen molar-refractivity contribution < 1.29 is 134 Å². The van der Waals surface area contributed by atoms with Gasteiger partial charge in [-0.15, -0.1) is 12.0 Å². The molecular weight excluding hydrogens is 455 g/mol. The average molecular weight is 493 g/mol. The van der Waals surface area contributed by atoms with E-state index in [1.807, 2.05) is 12.2 Å². The maximum atomic E-state index is 8.64. The van der Waals surface area contributed by atoms with Gasteiger partial charge < -0.3 is 26.2 Å². The molecule has 6 nitrogen and oxygen atoms in total. The summed E-state index contributed by atoms with van der Waals surface area (Å²) >= 11 is 0. The van der Waals surface area contributed by atoms with E-state index < -0.39 is 8.07 Å². The van der Waals surface area contributed by atoms with Crippen LogP contribution in [0.4, 0.5) is 0 Å². The number of hydrogen-bond donors (Lipinski definition) is 1. The molecule has 0 amide bonds. The van der Waals surface area contributed by atoms with Crippen molar-refractivity contribution in [3.8, 4) is 23.8 Å². The van der Waals surface area contributed by atoms with Gasteiger partial charge in [-0.2, -0.15) is 0 Å². The van der Waals surface area contributed by atoms with Crippen molar-refractivity contribution in [3.63, 3.8) is 0 Å². The number of aliphatic hydroxyl groups excluding tert-OH is 1. The van der Waals surface area contributed by atoms with Gasteiger partial charge in [-0.3, -0.25) is 4.79 Å². The van der Waals surface area contributed by atoms with Gasteiger partial charge in [0.05, 0.1) is 0 Å². The Morgan fingerprint density at radius 1 is 1.00 bits per heavy atom. The molecule has 1 N–H and O–H groups in total. The summed E-state index contributed by atoms with van der Waals surface area (Å²) in [5.74, 6) is 5.52. The fraction of sp³-hybridized carbons (Fsp3) is 0.571. The van der Waals surface area contributed by atoms with Gasteiger partial charge in [-0.1, -0.05) is 43.6 Å². The van der Waals surface area contributed by atoms with E-state index in [9.17, 15) is 0 Å². The third-order valence-electron chi connectivity index (χ3n) is 2.34. The van der Waals surface area contributed by atoms with E-state index in [4.69, 9.17) is 31.1 Å². The standard InChI is InChI=1S/C11H20OSi.C8H12O.CH2O3.CH4O.2K.H/c1-12-10-8-6-5-7-9-11-13(2,3)4;1-3-4-5-6-7-8-9-2;2-1-4-3;1-2;;;/h5,7H,6,8,10H2,1-4H3;1,4-5H,6-8H2,2H3;1,3H;2H,1H3;;;/q;;;;2*+1;-1/p-1/b7-5+;5-4+;;;;;. The molecule has 0 aromatic carbocycles. The van der Waals surface area contributed by atoms with Gasteiger partial charge >= 0.3 is 103 Å². The number of allylic oxidation sites excluding steroid dienone is 4. The summed E-state index contributed by atoms with van der Waals surface area (Å²) in [5.41, 5.74) is 3.28. The van der Waals surface area contributed by atoms with Gasteiger partial charge in [0.25, 0.3) is 6.47 Å². The Kier molecular flexibility index (Phi) is 66.2. The minimum atomic E-state index is -1.17. The van der Waals surface area contributed by atoms with Crippen LogP contribution in [0.2, 0.25) is 19.6 Å². The average Bonchev–Trinajstić information content (AvgIpc) is 2.69. The molecular formula is C21H38K2O6Si. The Labute approximate surface area is 271 Å². The van der Waals surface area contributed by atoms with E-state index in [0.717, 1.165) is 46.0 Å². The fourth-order valence-corrected chi connectivity index (χ4v) is 1.76. The second-order valence-corrected chi connectivity index (χ2v) is 10.7. The summed E-state index contributed by atoms with van der Waals surface area (Å²) in [6.45, 7) is 8.22. The molecule has 0 unspecified atom stereocenters. The van der Waals surface area contributed by atoms with Crippen molar-refractivity contribution in [2.75, 3.05) is 34.5 Å². The fourth-order valence-electron chi connectivity index (χ4n) is 1.24. The molecule has 0 aliphatic heterocycles. The van der Waals surface area contributed by atoms with Gasteiger partial charge in [-0.05, 0) is 37.8 Å². The van der Waals surface area contributed by atoms with Crippen molar-refractivity contribution in [3.05, 3.63) is 24.3 Å². The van der Waals surface area contributed by atoms with Crippen molar-refractivity contribution >= 4 is 14.5 Å². The normalized spacial score (nSPS) is 8.77. The Hall–Kier alpha value is 1.40. The van der Waals surface area contributed by atoms with Gasteiger partial charge in [0.15, 0.2) is 0 Å². The predicted octanol–water partition coefficient (Wildman–Crippen LogP) is -3.38. The summed E-state index contributed by atoms with van der Waals surface area (Å²) in [6.07, 6.45) is 17.0. The van der Waals surface area contributed by atoms with Crippen LogP contribution in [-0.4, -0.2) is 54.2 Å². The Morgan fingerprint density at radius 3 is 1.70 bits per heavy atom. The number of hydrogen-bond acceptors (Lipinski definition) is 6. The number of carbonyl (C=O) groups is 1. The third kappa shape index (κ3) is 70.0. The van der Waals surface area contributed by atoms with Crippen LogP contribution in [0.3, 0.4) is 0 Å². The number of unbranched alkanes of at least 4 members (excludes halogenated alkanes) is 2. The smallest absolute Gasteiger partial charge is 1.00 e. The molecule has 164 valence electrons. The van der Waals surface area contributed by atoms with Crippen LogP contribution in [0.1, 0.15) is 27.1 Å². The molecule has 9 heteroatoms. The largest absolute Gasteiger partial charge is 1.00 e. The van der Waals surface area contributed by atoms with Gasteiger partial charge in [0.2, 0.25) is 0 Å². The molecule has 0 saturated carbocycles. The van der Waals surface area contributed by atoms with Crippen LogP contribution in [0, 0.1) is 23.8 Å². The van der Waals surface area contributed by atoms with Crippen molar-refractivity contribution in [2.24, 2.45) is 0 Å².